The van der Waals surface area contributed by atoms with Crippen LogP contribution in [0.5, 0.6) is 0 Å². The molecule has 58 valence electrons. The minimum absolute atomic E-state index is 0.00676. The molecule has 0 unspecified atom stereocenters. The maximum atomic E-state index is 10.7. The van der Waals surface area contributed by atoms with Crippen molar-refractivity contribution in [2.75, 3.05) is 6.67 Å². The van der Waals surface area contributed by atoms with Gasteiger partial charge in [-0.15, -0.1) is 0 Å². The van der Waals surface area contributed by atoms with Crippen molar-refractivity contribution in [3.8, 4) is 0 Å². The minimum Gasteiger partial charge on any atom is -0.391 e. The van der Waals surface area contributed by atoms with Crippen molar-refractivity contribution >= 4 is 5.91 Å². The second-order valence-corrected chi connectivity index (χ2v) is 1.58. The van der Waals surface area contributed by atoms with Gasteiger partial charge in [0.1, 0.15) is 11.5 Å². The Morgan fingerprint density at radius 2 is 1.80 bits per heavy atom. The highest BCUT2D eigenvalue weighted by Gasteiger charge is 2.04. The molecule has 1 amide bonds. The van der Waals surface area contributed by atoms with E-state index in [0.29, 0.717) is 0 Å². The molecule has 6 heteroatoms. The van der Waals surface area contributed by atoms with Crippen molar-refractivity contribution in [1.82, 2.24) is 5.32 Å². The number of rotatable bonds is 2. The molecule has 0 heterocycles. The highest BCUT2D eigenvalue weighted by Crippen LogP contribution is 1.81. The number of nitrogens with one attached hydrogen (secondary N) is 1. The molecule has 9 N–H and O–H groups in total. The van der Waals surface area contributed by atoms with E-state index in [1.165, 1.54) is 0 Å². The van der Waals surface area contributed by atoms with Crippen LogP contribution >= 0.6 is 0 Å². The zero-order valence-electron chi connectivity index (χ0n) is 5.42. The zero-order chi connectivity index (χ0) is 8.15. The second-order valence-electron chi connectivity index (χ2n) is 1.58. The first-order valence-corrected chi connectivity index (χ1v) is 2.58. The Bertz CT molecular complexity index is 159. The highest BCUT2D eigenvalue weighted by atomic mass is 16.2. The standard InChI is InChI=1S/C4H11N5O/c5-1-9-4(10)2(6)3(7)8/h1,5-8H2,(H,9,10). The van der Waals surface area contributed by atoms with E-state index in [4.69, 9.17) is 22.9 Å². The topological polar surface area (TPSA) is 133 Å². The van der Waals surface area contributed by atoms with E-state index in [2.05, 4.69) is 5.32 Å². The van der Waals surface area contributed by atoms with Crippen LogP contribution in [0.15, 0.2) is 11.5 Å². The lowest BCUT2D eigenvalue weighted by Crippen LogP contribution is -2.36. The average Bonchev–Trinajstić information content (AvgIpc) is 1.87. The monoisotopic (exact) mass is 145 g/mol. The lowest BCUT2D eigenvalue weighted by Gasteiger charge is -2.01. The summed E-state index contributed by atoms with van der Waals surface area (Å²) in [7, 11) is 0. The summed E-state index contributed by atoms with van der Waals surface area (Å²) < 4.78 is 0. The lowest BCUT2D eigenvalue weighted by atomic mass is 10.4. The van der Waals surface area contributed by atoms with Crippen molar-refractivity contribution in [1.29, 1.82) is 0 Å². The van der Waals surface area contributed by atoms with Crippen LogP contribution in [0.1, 0.15) is 0 Å². The molecule has 0 aliphatic heterocycles. The number of nitrogens with two attached hydrogens (primary N) is 4. The highest BCUT2D eigenvalue weighted by molar-refractivity contribution is 5.92. The van der Waals surface area contributed by atoms with E-state index in [0.717, 1.165) is 0 Å². The molecule has 10 heavy (non-hydrogen) atoms. The Hall–Kier alpha value is -1.43. The maximum Gasteiger partial charge on any atom is 0.271 e. The first-order chi connectivity index (χ1) is 4.59. The number of carbonyl (C=O) groups is 1. The normalized spacial score (nSPS) is 8.50. The fourth-order valence-corrected chi connectivity index (χ4v) is 0.319. The Balaban J connectivity index is 4.09. The van der Waals surface area contributed by atoms with Gasteiger partial charge in [0.15, 0.2) is 0 Å². The molecule has 0 aromatic rings. The molecule has 0 bridgehead atoms. The Morgan fingerprint density at radius 1 is 1.30 bits per heavy atom. The van der Waals surface area contributed by atoms with Gasteiger partial charge in [-0.25, -0.2) is 0 Å². The van der Waals surface area contributed by atoms with Crippen LogP contribution in [0, 0.1) is 0 Å². The van der Waals surface area contributed by atoms with Gasteiger partial charge < -0.3 is 28.3 Å². The Kier molecular flexibility index (Phi) is 3.06. The second kappa shape index (κ2) is 3.57. The number of carbonyl (C=O) groups excluding carboxylic acids is 1. The summed E-state index contributed by atoms with van der Waals surface area (Å²) in [6.45, 7) is 0.00676. The molecular weight excluding hydrogens is 134 g/mol. The SMILES string of the molecule is NCNC(=O)C(N)=C(N)N. The maximum absolute atomic E-state index is 10.7. The molecular formula is C4H11N5O. The summed E-state index contributed by atoms with van der Waals surface area (Å²) >= 11 is 0. The summed E-state index contributed by atoms with van der Waals surface area (Å²) in [4.78, 5) is 10.7. The van der Waals surface area contributed by atoms with Crippen molar-refractivity contribution in [3.05, 3.63) is 11.5 Å². The van der Waals surface area contributed by atoms with Gasteiger partial charge in [0.25, 0.3) is 5.91 Å². The molecule has 0 radical (unpaired) electrons. The molecule has 0 aliphatic carbocycles. The minimum atomic E-state index is -0.553. The van der Waals surface area contributed by atoms with E-state index < -0.39 is 5.91 Å². The molecule has 0 aromatic carbocycles. The average molecular weight is 145 g/mol. The van der Waals surface area contributed by atoms with Gasteiger partial charge in [0.2, 0.25) is 0 Å². The molecule has 0 aliphatic rings. The first kappa shape index (κ1) is 8.57. The van der Waals surface area contributed by atoms with E-state index in [-0.39, 0.29) is 18.2 Å². The van der Waals surface area contributed by atoms with Crippen molar-refractivity contribution < 1.29 is 4.79 Å². The van der Waals surface area contributed by atoms with Gasteiger partial charge in [-0.3, -0.25) is 4.79 Å². The van der Waals surface area contributed by atoms with Gasteiger partial charge in [0, 0.05) is 0 Å². The Labute approximate surface area is 58.2 Å². The van der Waals surface area contributed by atoms with E-state index >= 15 is 0 Å². The summed E-state index contributed by atoms with van der Waals surface area (Å²) in [5.41, 5.74) is 19.9. The quantitative estimate of drug-likeness (QED) is 0.209. The number of hydrogen-bond acceptors (Lipinski definition) is 5. The largest absolute Gasteiger partial charge is 0.391 e. The molecule has 0 spiro atoms. The molecule has 0 saturated heterocycles. The van der Waals surface area contributed by atoms with Gasteiger partial charge in [-0.1, -0.05) is 0 Å². The first-order valence-electron chi connectivity index (χ1n) is 2.58. The van der Waals surface area contributed by atoms with E-state index in [9.17, 15) is 4.79 Å². The molecule has 0 fully saturated rings. The van der Waals surface area contributed by atoms with Gasteiger partial charge >= 0.3 is 0 Å². The molecule has 0 atom stereocenters. The predicted octanol–water partition coefficient (Wildman–Crippen LogP) is -2.94. The molecule has 0 saturated carbocycles. The van der Waals surface area contributed by atoms with Crippen molar-refractivity contribution in [2.24, 2.45) is 22.9 Å². The van der Waals surface area contributed by atoms with Crippen LogP contribution in [0.25, 0.3) is 0 Å². The predicted molar refractivity (Wildman–Crippen MR) is 36.8 cm³/mol. The number of hydrogen-bond donors (Lipinski definition) is 5. The molecule has 6 nitrogen and oxygen atoms in total. The van der Waals surface area contributed by atoms with Crippen molar-refractivity contribution in [2.45, 2.75) is 0 Å². The smallest absolute Gasteiger partial charge is 0.271 e. The van der Waals surface area contributed by atoms with Crippen LogP contribution in [0.2, 0.25) is 0 Å². The van der Waals surface area contributed by atoms with E-state index in [1.807, 2.05) is 0 Å². The summed E-state index contributed by atoms with van der Waals surface area (Å²) in [6, 6.07) is 0. The van der Waals surface area contributed by atoms with Crippen molar-refractivity contribution in [3.63, 3.8) is 0 Å². The third-order valence-electron chi connectivity index (χ3n) is 0.818. The summed E-state index contributed by atoms with van der Waals surface area (Å²) in [5, 5.41) is 2.22. The van der Waals surface area contributed by atoms with Gasteiger partial charge in [-0.05, 0) is 0 Å². The number of amides is 1. The van der Waals surface area contributed by atoms with E-state index in [1.54, 1.807) is 0 Å². The fourth-order valence-electron chi connectivity index (χ4n) is 0.319. The van der Waals surface area contributed by atoms with Crippen LogP contribution in [0.3, 0.4) is 0 Å². The van der Waals surface area contributed by atoms with Gasteiger partial charge in [0.05, 0.1) is 6.67 Å². The third-order valence-corrected chi connectivity index (χ3v) is 0.818. The lowest BCUT2D eigenvalue weighted by molar-refractivity contribution is -0.117. The van der Waals surface area contributed by atoms with Gasteiger partial charge in [-0.2, -0.15) is 0 Å². The van der Waals surface area contributed by atoms with Crippen LogP contribution in [0.4, 0.5) is 0 Å². The fraction of sp³-hybridized carbons (Fsp3) is 0.250. The molecule has 0 aromatic heterocycles. The summed E-state index contributed by atoms with van der Waals surface area (Å²) in [6.07, 6.45) is 0. The summed E-state index contributed by atoms with van der Waals surface area (Å²) in [5.74, 6) is -0.756. The van der Waals surface area contributed by atoms with Crippen LogP contribution < -0.4 is 28.3 Å². The zero-order valence-corrected chi connectivity index (χ0v) is 5.42. The Morgan fingerprint density at radius 3 is 2.10 bits per heavy atom. The third kappa shape index (κ3) is 2.23. The molecule has 0 rings (SSSR count). The van der Waals surface area contributed by atoms with Crippen LogP contribution in [-0.4, -0.2) is 12.6 Å². The van der Waals surface area contributed by atoms with Crippen LogP contribution in [-0.2, 0) is 4.79 Å².